The molecule has 0 unspecified atom stereocenters. The van der Waals surface area contributed by atoms with Gasteiger partial charge in [-0.25, -0.2) is 0 Å². The molecule has 23 heavy (non-hydrogen) atoms. The van der Waals surface area contributed by atoms with Crippen LogP contribution in [0.15, 0.2) is 42.5 Å². The Bertz CT molecular complexity index is 617. The number of carbonyl (C=O) groups is 2. The number of hydrogen-bond donors (Lipinski definition) is 0. The Kier molecular flexibility index (Phi) is 4.38. The zero-order valence-corrected chi connectivity index (χ0v) is 14.4. The van der Waals surface area contributed by atoms with Gasteiger partial charge >= 0.3 is 0 Å². The minimum Gasteiger partial charge on any atom is -0.545 e. The first kappa shape index (κ1) is 17.3. The smallest absolute Gasteiger partial charge is 0.251 e. The highest BCUT2D eigenvalue weighted by Gasteiger charge is 2.67. The summed E-state index contributed by atoms with van der Waals surface area (Å²) in [5, 5.41) is 10.6. The molecular weight excluding hydrogens is 290 g/mol. The van der Waals surface area contributed by atoms with E-state index in [4.69, 9.17) is 0 Å². The summed E-state index contributed by atoms with van der Waals surface area (Å²) < 4.78 is 0. The molecular formula is C19H24NO3-. The average molecular weight is 314 g/mol. The number of aliphatic carboxylic acids is 1. The van der Waals surface area contributed by atoms with Crippen molar-refractivity contribution in [3.05, 3.63) is 42.5 Å². The fourth-order valence-electron chi connectivity index (χ4n) is 3.97. The third kappa shape index (κ3) is 3.03. The molecule has 1 aliphatic carbocycles. The second-order valence-corrected chi connectivity index (χ2v) is 7.36. The number of rotatable bonds is 5. The Hall–Kier alpha value is -2.10. The van der Waals surface area contributed by atoms with E-state index in [1.165, 1.54) is 0 Å². The van der Waals surface area contributed by atoms with Gasteiger partial charge in [0.15, 0.2) is 0 Å². The molecule has 0 N–H and O–H groups in total. The van der Waals surface area contributed by atoms with E-state index in [-0.39, 0.29) is 22.8 Å². The molecule has 0 heterocycles. The maximum absolute atomic E-state index is 12.6. The van der Waals surface area contributed by atoms with E-state index in [1.807, 2.05) is 37.3 Å². The molecule has 1 fully saturated rings. The van der Waals surface area contributed by atoms with Gasteiger partial charge in [-0.2, -0.15) is 0 Å². The van der Waals surface area contributed by atoms with Gasteiger partial charge in [-0.3, -0.25) is 4.79 Å². The molecule has 1 amide bonds. The molecule has 1 atom stereocenters. The lowest BCUT2D eigenvalue weighted by Gasteiger charge is -2.30. The predicted octanol–water partition coefficient (Wildman–Crippen LogP) is 2.40. The van der Waals surface area contributed by atoms with Gasteiger partial charge in [0.25, 0.3) is 5.91 Å². The van der Waals surface area contributed by atoms with Crippen molar-refractivity contribution in [3.8, 4) is 0 Å². The molecule has 0 aliphatic heterocycles. The van der Waals surface area contributed by atoms with Crippen molar-refractivity contribution in [1.29, 1.82) is 0 Å². The summed E-state index contributed by atoms with van der Waals surface area (Å²) in [5.74, 6) is -1.38. The Morgan fingerprint density at radius 3 is 2.04 bits per heavy atom. The molecule has 0 saturated heterocycles. The van der Waals surface area contributed by atoms with Crippen molar-refractivity contribution in [2.24, 2.45) is 16.7 Å². The molecule has 124 valence electrons. The fraction of sp³-hybridized carbons (Fsp3) is 0.474. The van der Waals surface area contributed by atoms with Crippen LogP contribution in [-0.2, 0) is 9.59 Å². The number of carbonyl (C=O) groups excluding carboxylic acids is 2. The highest BCUT2D eigenvalue weighted by molar-refractivity contribution is 6.04. The summed E-state index contributed by atoms with van der Waals surface area (Å²) in [5.41, 5.74) is 1.02. The molecule has 1 aromatic carbocycles. The molecule has 0 radical (unpaired) electrons. The minimum atomic E-state index is -1.37. The highest BCUT2D eigenvalue weighted by atomic mass is 16.4. The van der Waals surface area contributed by atoms with Crippen LogP contribution in [0.3, 0.4) is 0 Å². The van der Waals surface area contributed by atoms with E-state index >= 15 is 0 Å². The number of anilines is 1. The number of amides is 1. The lowest BCUT2D eigenvalue weighted by atomic mass is 10.0. The number of carboxylic acid groups (broad SMARTS) is 1. The topological polar surface area (TPSA) is 60.4 Å². The number of hydrogen-bond acceptors (Lipinski definition) is 3. The summed E-state index contributed by atoms with van der Waals surface area (Å²) in [6, 6.07) is 9.31. The zero-order valence-electron chi connectivity index (χ0n) is 14.4. The van der Waals surface area contributed by atoms with Crippen LogP contribution in [0.4, 0.5) is 5.69 Å². The molecule has 1 aromatic rings. The van der Waals surface area contributed by atoms with E-state index in [9.17, 15) is 14.7 Å². The lowest BCUT2D eigenvalue weighted by Crippen LogP contribution is -2.40. The highest BCUT2D eigenvalue weighted by Crippen LogP contribution is 2.70. The van der Waals surface area contributed by atoms with Crippen LogP contribution in [0.1, 0.15) is 34.6 Å². The fourth-order valence-corrected chi connectivity index (χ4v) is 3.97. The van der Waals surface area contributed by atoms with Crippen molar-refractivity contribution in [1.82, 2.24) is 0 Å². The molecule has 0 aromatic heterocycles. The summed E-state index contributed by atoms with van der Waals surface area (Å²) in [4.78, 5) is 24.9. The molecule has 4 heteroatoms. The maximum Gasteiger partial charge on any atom is 0.251 e. The van der Waals surface area contributed by atoms with Crippen LogP contribution >= 0.6 is 0 Å². The van der Waals surface area contributed by atoms with Crippen LogP contribution in [0.5, 0.6) is 0 Å². The first-order valence-corrected chi connectivity index (χ1v) is 7.88. The first-order valence-electron chi connectivity index (χ1n) is 7.88. The van der Waals surface area contributed by atoms with Gasteiger partial charge < -0.3 is 14.8 Å². The number of nitrogens with zero attached hydrogens (tertiary/aromatic N) is 1. The third-order valence-electron chi connectivity index (χ3n) is 5.66. The SMILES string of the molecule is C[C@H](C1C(C)(C)C1(C)C)N(C(=O)/C=C/C(=O)[O-])c1ccccc1. The summed E-state index contributed by atoms with van der Waals surface area (Å²) in [6.07, 6.45) is 1.86. The number of benzene rings is 1. The predicted molar refractivity (Wildman–Crippen MR) is 88.6 cm³/mol. The second kappa shape index (κ2) is 5.84. The van der Waals surface area contributed by atoms with E-state index < -0.39 is 5.97 Å². The van der Waals surface area contributed by atoms with E-state index in [2.05, 4.69) is 27.7 Å². The van der Waals surface area contributed by atoms with Gasteiger partial charge in [-0.15, -0.1) is 0 Å². The normalized spacial score (nSPS) is 20.2. The van der Waals surface area contributed by atoms with Crippen molar-refractivity contribution in [2.45, 2.75) is 40.7 Å². The van der Waals surface area contributed by atoms with E-state index in [0.29, 0.717) is 5.92 Å². The number of carboxylic acids is 1. The van der Waals surface area contributed by atoms with E-state index in [0.717, 1.165) is 17.8 Å². The van der Waals surface area contributed by atoms with Gasteiger partial charge in [0.1, 0.15) is 0 Å². The summed E-state index contributed by atoms with van der Waals surface area (Å²) >= 11 is 0. The summed E-state index contributed by atoms with van der Waals surface area (Å²) in [6.45, 7) is 10.9. The van der Waals surface area contributed by atoms with Crippen molar-refractivity contribution in [2.75, 3.05) is 4.90 Å². The van der Waals surface area contributed by atoms with Crippen LogP contribution in [0.25, 0.3) is 0 Å². The maximum atomic E-state index is 12.6. The van der Waals surface area contributed by atoms with Gasteiger partial charge in [0, 0.05) is 17.8 Å². The average Bonchev–Trinajstić information content (AvgIpc) is 2.87. The number of para-hydroxylation sites is 1. The van der Waals surface area contributed by atoms with Crippen LogP contribution in [-0.4, -0.2) is 17.9 Å². The monoisotopic (exact) mass is 314 g/mol. The Morgan fingerprint density at radius 2 is 1.61 bits per heavy atom. The molecule has 1 aliphatic rings. The Morgan fingerprint density at radius 1 is 1.09 bits per heavy atom. The van der Waals surface area contributed by atoms with Gasteiger partial charge in [-0.1, -0.05) is 45.9 Å². The summed E-state index contributed by atoms with van der Waals surface area (Å²) in [7, 11) is 0. The molecule has 0 bridgehead atoms. The quantitative estimate of drug-likeness (QED) is 0.784. The van der Waals surface area contributed by atoms with Gasteiger partial charge in [0.2, 0.25) is 0 Å². The first-order chi connectivity index (χ1) is 10.6. The molecule has 2 rings (SSSR count). The standard InChI is InChI=1S/C19H25NO3/c1-13(17-18(2,3)19(17,4)5)20(14-9-7-6-8-10-14)15(21)11-12-16(22)23/h6-13,17H,1-5H3,(H,22,23)/p-1/b12-11+/t13-/m1/s1. The Balaban J connectivity index is 2.35. The van der Waals surface area contributed by atoms with Crippen molar-refractivity contribution < 1.29 is 14.7 Å². The van der Waals surface area contributed by atoms with Gasteiger partial charge in [-0.05, 0) is 41.9 Å². The second-order valence-electron chi connectivity index (χ2n) is 7.36. The largest absolute Gasteiger partial charge is 0.545 e. The molecule has 1 saturated carbocycles. The Labute approximate surface area is 137 Å². The van der Waals surface area contributed by atoms with Gasteiger partial charge in [0.05, 0.1) is 5.97 Å². The van der Waals surface area contributed by atoms with Crippen LogP contribution in [0, 0.1) is 16.7 Å². The minimum absolute atomic E-state index is 0.0405. The van der Waals surface area contributed by atoms with Crippen molar-refractivity contribution in [3.63, 3.8) is 0 Å². The molecule has 4 nitrogen and oxygen atoms in total. The zero-order chi connectivity index (χ0) is 17.4. The van der Waals surface area contributed by atoms with Crippen LogP contribution in [0.2, 0.25) is 0 Å². The van der Waals surface area contributed by atoms with Crippen LogP contribution < -0.4 is 10.0 Å². The third-order valence-corrected chi connectivity index (χ3v) is 5.66. The van der Waals surface area contributed by atoms with Crippen molar-refractivity contribution >= 4 is 17.6 Å². The van der Waals surface area contributed by atoms with E-state index in [1.54, 1.807) is 4.90 Å². The molecule has 0 spiro atoms. The lowest BCUT2D eigenvalue weighted by molar-refractivity contribution is -0.297.